The van der Waals surface area contributed by atoms with Crippen molar-refractivity contribution in [2.75, 3.05) is 19.6 Å². The number of rotatable bonds is 7. The molecule has 1 aliphatic heterocycles. The van der Waals surface area contributed by atoms with Gasteiger partial charge in [-0.3, -0.25) is 4.79 Å². The van der Waals surface area contributed by atoms with Crippen LogP contribution >= 0.6 is 0 Å². The Balaban J connectivity index is 1.23. The number of aromatic amines is 1. The van der Waals surface area contributed by atoms with Gasteiger partial charge in [-0.25, -0.2) is 8.42 Å². The quantitative estimate of drug-likeness (QED) is 0.590. The van der Waals surface area contributed by atoms with Gasteiger partial charge < -0.3 is 10.3 Å². The topological polar surface area (TPSA) is 82.3 Å². The molecule has 0 radical (unpaired) electrons. The summed E-state index contributed by atoms with van der Waals surface area (Å²) in [5.41, 5.74) is 3.54. The van der Waals surface area contributed by atoms with Gasteiger partial charge in [0.15, 0.2) is 0 Å². The summed E-state index contributed by atoms with van der Waals surface area (Å²) in [6.07, 6.45) is 4.66. The van der Waals surface area contributed by atoms with E-state index < -0.39 is 10.0 Å². The smallest absolute Gasteiger partial charge is 0.243 e. The number of nitrogens with zero attached hydrogens (tertiary/aromatic N) is 1. The van der Waals surface area contributed by atoms with Crippen molar-refractivity contribution in [3.8, 4) is 0 Å². The van der Waals surface area contributed by atoms with E-state index in [9.17, 15) is 13.2 Å². The fourth-order valence-corrected chi connectivity index (χ4v) is 5.76. The predicted molar refractivity (Wildman–Crippen MR) is 122 cm³/mol. The van der Waals surface area contributed by atoms with Gasteiger partial charge in [-0.05, 0) is 61.9 Å². The molecule has 7 heteroatoms. The van der Waals surface area contributed by atoms with Crippen LogP contribution in [0.2, 0.25) is 0 Å². The lowest BCUT2D eigenvalue weighted by Gasteiger charge is -2.31. The molecule has 6 nitrogen and oxygen atoms in total. The highest BCUT2D eigenvalue weighted by Crippen LogP contribution is 2.25. The zero-order valence-electron chi connectivity index (χ0n) is 17.8. The molecule has 1 aliphatic rings. The summed E-state index contributed by atoms with van der Waals surface area (Å²) in [6.45, 7) is 3.60. The third-order valence-electron chi connectivity index (χ3n) is 6.07. The number of carbonyl (C=O) groups excluding carboxylic acids is 1. The Morgan fingerprint density at radius 3 is 2.61 bits per heavy atom. The summed E-state index contributed by atoms with van der Waals surface area (Å²) in [5, 5.41) is 4.24. The van der Waals surface area contributed by atoms with Crippen molar-refractivity contribution in [3.05, 3.63) is 65.9 Å². The lowest BCUT2D eigenvalue weighted by atomic mass is 9.94. The number of hydrogen-bond acceptors (Lipinski definition) is 3. The van der Waals surface area contributed by atoms with Crippen LogP contribution in [0.15, 0.2) is 59.6 Å². The molecule has 2 aromatic carbocycles. The summed E-state index contributed by atoms with van der Waals surface area (Å²) in [6, 6.07) is 14.9. The molecule has 1 aromatic heterocycles. The molecule has 4 rings (SSSR count). The Labute approximate surface area is 183 Å². The van der Waals surface area contributed by atoms with Crippen molar-refractivity contribution in [1.82, 2.24) is 14.6 Å². The minimum absolute atomic E-state index is 0.0420. The zero-order chi connectivity index (χ0) is 21.8. The van der Waals surface area contributed by atoms with Crippen LogP contribution in [-0.4, -0.2) is 43.2 Å². The van der Waals surface area contributed by atoms with Crippen LogP contribution in [0.5, 0.6) is 0 Å². The number of benzene rings is 2. The van der Waals surface area contributed by atoms with Gasteiger partial charge in [0.05, 0.1) is 4.90 Å². The van der Waals surface area contributed by atoms with E-state index in [2.05, 4.69) is 35.4 Å². The second-order valence-electron chi connectivity index (χ2n) is 8.33. The van der Waals surface area contributed by atoms with Crippen LogP contribution in [0.4, 0.5) is 0 Å². The number of hydrogen-bond donors (Lipinski definition) is 2. The van der Waals surface area contributed by atoms with Crippen molar-refractivity contribution in [2.45, 2.75) is 37.5 Å². The van der Waals surface area contributed by atoms with Crippen LogP contribution in [0.3, 0.4) is 0 Å². The number of nitrogens with one attached hydrogen (secondary N) is 2. The number of piperidine rings is 1. The van der Waals surface area contributed by atoms with Gasteiger partial charge in [-0.2, -0.15) is 4.31 Å². The number of carbonyl (C=O) groups is 1. The largest absolute Gasteiger partial charge is 0.361 e. The first-order valence-corrected chi connectivity index (χ1v) is 12.3. The summed E-state index contributed by atoms with van der Waals surface area (Å²) in [7, 11) is -3.44. The Kier molecular flexibility index (Phi) is 6.43. The van der Waals surface area contributed by atoms with Gasteiger partial charge in [0, 0.05) is 43.2 Å². The van der Waals surface area contributed by atoms with E-state index in [0.29, 0.717) is 43.8 Å². The third-order valence-corrected chi connectivity index (χ3v) is 7.98. The standard InChI is InChI=1S/C24H29N3O3S/c1-18-7-8-23-22(15-18)20(17-26-23)9-12-25-24(28)16-19-10-13-27(14-11-19)31(29,30)21-5-3-2-4-6-21/h2-8,15,17,19,26H,9-14,16H2,1H3,(H,25,28). The van der Waals surface area contributed by atoms with Crippen molar-refractivity contribution in [1.29, 1.82) is 0 Å². The Bertz CT molecular complexity index is 1150. The highest BCUT2D eigenvalue weighted by atomic mass is 32.2. The second kappa shape index (κ2) is 9.24. The average Bonchev–Trinajstić information content (AvgIpc) is 3.17. The highest BCUT2D eigenvalue weighted by molar-refractivity contribution is 7.89. The number of sulfonamides is 1. The van der Waals surface area contributed by atoms with Gasteiger partial charge in [-0.1, -0.05) is 29.8 Å². The van der Waals surface area contributed by atoms with Crippen LogP contribution in [0.1, 0.15) is 30.4 Å². The molecule has 31 heavy (non-hydrogen) atoms. The minimum atomic E-state index is -3.44. The van der Waals surface area contributed by atoms with Crippen molar-refractivity contribution in [2.24, 2.45) is 5.92 Å². The number of aryl methyl sites for hydroxylation is 1. The summed E-state index contributed by atoms with van der Waals surface area (Å²) in [5.74, 6) is 0.262. The first kappa shape index (κ1) is 21.6. The molecule has 0 unspecified atom stereocenters. The van der Waals surface area contributed by atoms with E-state index in [-0.39, 0.29) is 11.8 Å². The average molecular weight is 440 g/mol. The van der Waals surface area contributed by atoms with Gasteiger partial charge in [0.2, 0.25) is 15.9 Å². The molecule has 0 saturated carbocycles. The van der Waals surface area contributed by atoms with E-state index in [0.717, 1.165) is 11.9 Å². The number of H-pyrrole nitrogens is 1. The molecule has 3 aromatic rings. The van der Waals surface area contributed by atoms with Gasteiger partial charge in [-0.15, -0.1) is 0 Å². The molecule has 0 spiro atoms. The van der Waals surface area contributed by atoms with Crippen molar-refractivity contribution >= 4 is 26.8 Å². The number of fused-ring (bicyclic) bond motifs is 1. The zero-order valence-corrected chi connectivity index (χ0v) is 18.6. The normalized spacial score (nSPS) is 15.9. The molecule has 0 aliphatic carbocycles. The highest BCUT2D eigenvalue weighted by Gasteiger charge is 2.29. The molecule has 2 heterocycles. The van der Waals surface area contributed by atoms with Gasteiger partial charge in [0.25, 0.3) is 0 Å². The van der Waals surface area contributed by atoms with Gasteiger partial charge >= 0.3 is 0 Å². The molecular weight excluding hydrogens is 410 g/mol. The molecule has 2 N–H and O–H groups in total. The minimum Gasteiger partial charge on any atom is -0.361 e. The Morgan fingerprint density at radius 2 is 1.87 bits per heavy atom. The van der Waals surface area contributed by atoms with E-state index in [1.165, 1.54) is 20.8 Å². The second-order valence-corrected chi connectivity index (χ2v) is 10.3. The lowest BCUT2D eigenvalue weighted by Crippen LogP contribution is -2.39. The first-order chi connectivity index (χ1) is 14.9. The maximum atomic E-state index is 12.7. The Hall–Kier alpha value is -2.64. The SMILES string of the molecule is Cc1ccc2[nH]cc(CCNC(=O)CC3CCN(S(=O)(=O)c4ccccc4)CC3)c2c1. The fraction of sp³-hybridized carbons (Fsp3) is 0.375. The molecule has 1 fully saturated rings. The summed E-state index contributed by atoms with van der Waals surface area (Å²) < 4.78 is 27.0. The lowest BCUT2D eigenvalue weighted by molar-refractivity contribution is -0.122. The maximum absolute atomic E-state index is 12.7. The molecule has 1 amide bonds. The molecule has 0 bridgehead atoms. The van der Waals surface area contributed by atoms with Crippen LogP contribution in [0, 0.1) is 12.8 Å². The first-order valence-electron chi connectivity index (χ1n) is 10.8. The molecular formula is C24H29N3O3S. The number of amides is 1. The van der Waals surface area contributed by atoms with E-state index >= 15 is 0 Å². The monoisotopic (exact) mass is 439 g/mol. The molecule has 1 saturated heterocycles. The van der Waals surface area contributed by atoms with Gasteiger partial charge in [0.1, 0.15) is 0 Å². The Morgan fingerprint density at radius 1 is 1.13 bits per heavy atom. The summed E-state index contributed by atoms with van der Waals surface area (Å²) in [4.78, 5) is 16.0. The fourth-order valence-electron chi connectivity index (χ4n) is 4.27. The maximum Gasteiger partial charge on any atom is 0.243 e. The molecule has 164 valence electrons. The van der Waals surface area contributed by atoms with Crippen LogP contribution in [0.25, 0.3) is 10.9 Å². The number of aromatic nitrogens is 1. The molecule has 0 atom stereocenters. The van der Waals surface area contributed by atoms with Crippen molar-refractivity contribution in [3.63, 3.8) is 0 Å². The van der Waals surface area contributed by atoms with E-state index in [1.54, 1.807) is 24.3 Å². The van der Waals surface area contributed by atoms with Crippen LogP contribution < -0.4 is 5.32 Å². The van der Waals surface area contributed by atoms with E-state index in [1.807, 2.05) is 12.3 Å². The van der Waals surface area contributed by atoms with Crippen LogP contribution in [-0.2, 0) is 21.2 Å². The third kappa shape index (κ3) is 4.99. The predicted octanol–water partition coefficient (Wildman–Crippen LogP) is 3.63. The summed E-state index contributed by atoms with van der Waals surface area (Å²) >= 11 is 0. The van der Waals surface area contributed by atoms with E-state index in [4.69, 9.17) is 0 Å². The van der Waals surface area contributed by atoms with Crippen molar-refractivity contribution < 1.29 is 13.2 Å².